The van der Waals surface area contributed by atoms with Crippen molar-refractivity contribution >= 4 is 9.84 Å². The predicted molar refractivity (Wildman–Crippen MR) is 67.5 cm³/mol. The van der Waals surface area contributed by atoms with Gasteiger partial charge in [0.25, 0.3) is 0 Å². The lowest BCUT2D eigenvalue weighted by atomic mass is 10.1. The minimum Gasteiger partial charge on any atom is -0.504 e. The number of hydrogen-bond acceptors (Lipinski definition) is 6. The van der Waals surface area contributed by atoms with Crippen molar-refractivity contribution < 1.29 is 23.7 Å². The SMILES string of the molecule is CCS(=O)(=O)CCNCc1ccc(O)c(O)c1O. The molecule has 6 nitrogen and oxygen atoms in total. The van der Waals surface area contributed by atoms with Crippen LogP contribution >= 0.6 is 0 Å². The zero-order valence-corrected chi connectivity index (χ0v) is 10.9. The Labute approximate surface area is 106 Å². The van der Waals surface area contributed by atoms with Gasteiger partial charge in [-0.1, -0.05) is 13.0 Å². The first kappa shape index (κ1) is 14.6. The molecular weight excluding hydrogens is 258 g/mol. The Bertz CT molecular complexity index is 512. The Balaban J connectivity index is 2.53. The molecule has 0 saturated heterocycles. The normalized spacial score (nSPS) is 11.6. The van der Waals surface area contributed by atoms with Crippen LogP contribution in [0.3, 0.4) is 0 Å². The average Bonchev–Trinajstić information content (AvgIpc) is 2.34. The van der Waals surface area contributed by atoms with Crippen LogP contribution in [0.1, 0.15) is 12.5 Å². The van der Waals surface area contributed by atoms with Crippen LogP contribution in [0, 0.1) is 0 Å². The van der Waals surface area contributed by atoms with E-state index in [1.807, 2.05) is 0 Å². The highest BCUT2D eigenvalue weighted by atomic mass is 32.2. The number of aromatic hydroxyl groups is 3. The summed E-state index contributed by atoms with van der Waals surface area (Å²) >= 11 is 0. The summed E-state index contributed by atoms with van der Waals surface area (Å²) in [6, 6.07) is 2.71. The van der Waals surface area contributed by atoms with Crippen LogP contribution in [-0.4, -0.2) is 41.8 Å². The summed E-state index contributed by atoms with van der Waals surface area (Å²) in [6.45, 7) is 2.05. The van der Waals surface area contributed by atoms with Crippen molar-refractivity contribution in [2.75, 3.05) is 18.1 Å². The molecule has 7 heteroatoms. The van der Waals surface area contributed by atoms with E-state index in [2.05, 4.69) is 5.32 Å². The largest absolute Gasteiger partial charge is 0.504 e. The Kier molecular flexibility index (Phi) is 4.80. The van der Waals surface area contributed by atoms with Gasteiger partial charge in [-0.2, -0.15) is 0 Å². The zero-order chi connectivity index (χ0) is 13.8. The van der Waals surface area contributed by atoms with Crippen LogP contribution in [0.25, 0.3) is 0 Å². The quantitative estimate of drug-likeness (QED) is 0.440. The molecule has 0 amide bonds. The summed E-state index contributed by atoms with van der Waals surface area (Å²) in [5, 5.41) is 30.8. The van der Waals surface area contributed by atoms with Gasteiger partial charge >= 0.3 is 0 Å². The third kappa shape index (κ3) is 3.78. The number of sulfone groups is 1. The fraction of sp³-hybridized carbons (Fsp3) is 0.455. The first-order chi connectivity index (χ1) is 8.37. The van der Waals surface area contributed by atoms with E-state index in [4.69, 9.17) is 5.11 Å². The van der Waals surface area contributed by atoms with E-state index in [1.54, 1.807) is 6.92 Å². The van der Waals surface area contributed by atoms with Gasteiger partial charge in [0.15, 0.2) is 21.3 Å². The van der Waals surface area contributed by atoms with E-state index in [-0.39, 0.29) is 24.6 Å². The van der Waals surface area contributed by atoms with Crippen LogP contribution in [0.4, 0.5) is 0 Å². The topological polar surface area (TPSA) is 107 Å². The average molecular weight is 275 g/mol. The second-order valence-corrected chi connectivity index (χ2v) is 6.33. The van der Waals surface area contributed by atoms with Crippen molar-refractivity contribution in [1.29, 1.82) is 0 Å². The Hall–Kier alpha value is -1.47. The molecule has 0 unspecified atom stereocenters. The third-order valence-electron chi connectivity index (χ3n) is 2.56. The Morgan fingerprint density at radius 3 is 2.44 bits per heavy atom. The van der Waals surface area contributed by atoms with Gasteiger partial charge in [-0.05, 0) is 6.07 Å². The molecular formula is C11H17NO5S. The fourth-order valence-corrected chi connectivity index (χ4v) is 2.09. The standard InChI is InChI=1S/C11H17NO5S/c1-2-18(16,17)6-5-12-7-8-3-4-9(13)11(15)10(8)14/h3-4,12-15H,2,5-7H2,1H3. The van der Waals surface area contributed by atoms with Crippen LogP contribution in [-0.2, 0) is 16.4 Å². The van der Waals surface area contributed by atoms with Gasteiger partial charge in [0.1, 0.15) is 0 Å². The van der Waals surface area contributed by atoms with Crippen LogP contribution in [0.15, 0.2) is 12.1 Å². The van der Waals surface area contributed by atoms with E-state index in [0.717, 1.165) is 0 Å². The molecule has 0 bridgehead atoms. The van der Waals surface area contributed by atoms with E-state index in [1.165, 1.54) is 12.1 Å². The molecule has 102 valence electrons. The molecule has 0 saturated carbocycles. The van der Waals surface area contributed by atoms with E-state index in [0.29, 0.717) is 5.56 Å². The van der Waals surface area contributed by atoms with Crippen LogP contribution in [0.2, 0.25) is 0 Å². The van der Waals surface area contributed by atoms with Gasteiger partial charge in [0.05, 0.1) is 5.75 Å². The summed E-state index contributed by atoms with van der Waals surface area (Å²) < 4.78 is 22.4. The molecule has 0 aliphatic rings. The van der Waals surface area contributed by atoms with Gasteiger partial charge in [0.2, 0.25) is 5.75 Å². The molecule has 0 spiro atoms. The highest BCUT2D eigenvalue weighted by Gasteiger charge is 2.11. The molecule has 18 heavy (non-hydrogen) atoms. The molecule has 1 aromatic carbocycles. The maximum atomic E-state index is 11.2. The number of phenols is 3. The minimum absolute atomic E-state index is 0.0222. The van der Waals surface area contributed by atoms with Crippen molar-refractivity contribution in [3.05, 3.63) is 17.7 Å². The van der Waals surface area contributed by atoms with Gasteiger partial charge in [-0.3, -0.25) is 0 Å². The molecule has 0 aromatic heterocycles. The number of hydrogen-bond donors (Lipinski definition) is 4. The minimum atomic E-state index is -3.01. The summed E-state index contributed by atoms with van der Waals surface area (Å²) in [7, 11) is -3.01. The molecule has 1 rings (SSSR count). The third-order valence-corrected chi connectivity index (χ3v) is 4.26. The monoisotopic (exact) mass is 275 g/mol. The number of rotatable bonds is 6. The van der Waals surface area contributed by atoms with Gasteiger partial charge < -0.3 is 20.6 Å². The first-order valence-electron chi connectivity index (χ1n) is 5.51. The van der Waals surface area contributed by atoms with E-state index in [9.17, 15) is 18.6 Å². The maximum absolute atomic E-state index is 11.2. The van der Waals surface area contributed by atoms with E-state index >= 15 is 0 Å². The predicted octanol–water partition coefficient (Wildman–Crippen LogP) is 0.328. The number of nitrogens with one attached hydrogen (secondary N) is 1. The molecule has 0 aliphatic carbocycles. The highest BCUT2D eigenvalue weighted by molar-refractivity contribution is 7.91. The molecule has 4 N–H and O–H groups in total. The Morgan fingerprint density at radius 2 is 1.83 bits per heavy atom. The van der Waals surface area contributed by atoms with Crippen molar-refractivity contribution in [2.24, 2.45) is 0 Å². The smallest absolute Gasteiger partial charge is 0.200 e. The lowest BCUT2D eigenvalue weighted by Gasteiger charge is -2.09. The zero-order valence-electron chi connectivity index (χ0n) is 10.0. The van der Waals surface area contributed by atoms with E-state index < -0.39 is 27.1 Å². The number of benzene rings is 1. The second-order valence-electron chi connectivity index (χ2n) is 3.85. The second kappa shape index (κ2) is 5.92. The van der Waals surface area contributed by atoms with Crippen molar-refractivity contribution in [1.82, 2.24) is 5.32 Å². The molecule has 0 aliphatic heterocycles. The van der Waals surface area contributed by atoms with Crippen molar-refractivity contribution in [3.8, 4) is 17.2 Å². The van der Waals surface area contributed by atoms with Gasteiger partial charge in [0, 0.05) is 24.4 Å². The first-order valence-corrected chi connectivity index (χ1v) is 7.33. The lowest BCUT2D eigenvalue weighted by Crippen LogP contribution is -2.23. The molecule has 0 heterocycles. The molecule has 0 fully saturated rings. The molecule has 1 aromatic rings. The van der Waals surface area contributed by atoms with Crippen LogP contribution in [0.5, 0.6) is 17.2 Å². The van der Waals surface area contributed by atoms with Gasteiger partial charge in [-0.25, -0.2) is 8.42 Å². The fourth-order valence-electron chi connectivity index (χ4n) is 1.35. The van der Waals surface area contributed by atoms with Crippen molar-refractivity contribution in [3.63, 3.8) is 0 Å². The molecule has 0 atom stereocenters. The van der Waals surface area contributed by atoms with Gasteiger partial charge in [-0.15, -0.1) is 0 Å². The van der Waals surface area contributed by atoms with Crippen molar-refractivity contribution in [2.45, 2.75) is 13.5 Å². The lowest BCUT2D eigenvalue weighted by molar-refractivity contribution is 0.364. The summed E-state index contributed by atoms with van der Waals surface area (Å²) in [5.74, 6) is -1.25. The Morgan fingerprint density at radius 1 is 1.17 bits per heavy atom. The van der Waals surface area contributed by atoms with Crippen LogP contribution < -0.4 is 5.32 Å². The molecule has 0 radical (unpaired) electrons. The summed E-state index contributed by atoms with van der Waals surface area (Å²) in [4.78, 5) is 0. The summed E-state index contributed by atoms with van der Waals surface area (Å²) in [5.41, 5.74) is 0.388. The maximum Gasteiger partial charge on any atom is 0.200 e. The number of phenolic OH excluding ortho intramolecular Hbond substituents is 3. The summed E-state index contributed by atoms with van der Waals surface area (Å²) in [6.07, 6.45) is 0. The highest BCUT2D eigenvalue weighted by Crippen LogP contribution is 2.36.